The number of nitrogens with one attached hydrogen (secondary N) is 2. The van der Waals surface area contributed by atoms with E-state index in [-0.39, 0.29) is 58.6 Å². The molecule has 0 saturated carbocycles. The standard InChI is InChI=1S/C33H33Cl2FN6O6S/c1-2-48-33(45)28(13-20-6-8-23(9-7-20)39-32(44)30-26(34)16-38-17-27(30)35)40-31(43)29-14-24(41-11-10-22(36)18-41)19-42(29)49(46,47)25-5-3-4-21(12-25)15-37/h3-9,12,16-17,22,24,28-29H,2,10-11,13-14,18-19H2,1H3,(H,39,44)(H,40,43)/t22-,24?,28?,29?/m1/s1. The first-order chi connectivity index (χ1) is 23.4. The smallest absolute Gasteiger partial charge is 0.328 e. The highest BCUT2D eigenvalue weighted by Gasteiger charge is 2.47. The number of likely N-dealkylation sites (tertiary alicyclic amines) is 1. The summed E-state index contributed by atoms with van der Waals surface area (Å²) in [5.74, 6) is -1.99. The Labute approximate surface area is 293 Å². The number of halogens is 3. The number of hydrogen-bond acceptors (Lipinski definition) is 9. The van der Waals surface area contributed by atoms with Crippen molar-refractivity contribution in [3.63, 3.8) is 0 Å². The second-order valence-electron chi connectivity index (χ2n) is 11.6. The van der Waals surface area contributed by atoms with Gasteiger partial charge in [-0.1, -0.05) is 41.4 Å². The van der Waals surface area contributed by atoms with Crippen LogP contribution in [0.15, 0.2) is 65.8 Å². The van der Waals surface area contributed by atoms with E-state index in [1.54, 1.807) is 31.2 Å². The molecule has 3 aromatic rings. The molecule has 2 aliphatic rings. The Morgan fingerprint density at radius 3 is 2.47 bits per heavy atom. The number of carbonyl (C=O) groups excluding carboxylic acids is 3. The van der Waals surface area contributed by atoms with Crippen LogP contribution in [-0.2, 0) is 30.8 Å². The highest BCUT2D eigenvalue weighted by molar-refractivity contribution is 7.89. The van der Waals surface area contributed by atoms with Gasteiger partial charge in [-0.25, -0.2) is 17.6 Å². The van der Waals surface area contributed by atoms with E-state index in [1.807, 2.05) is 11.0 Å². The lowest BCUT2D eigenvalue weighted by atomic mass is 10.0. The molecule has 2 saturated heterocycles. The molecule has 12 nitrogen and oxygen atoms in total. The molecule has 0 aliphatic carbocycles. The van der Waals surface area contributed by atoms with E-state index in [0.717, 1.165) is 4.31 Å². The maximum Gasteiger partial charge on any atom is 0.328 e. The third-order valence-corrected chi connectivity index (χ3v) is 10.8. The minimum atomic E-state index is -4.28. The zero-order valence-corrected chi connectivity index (χ0v) is 28.6. The number of sulfonamides is 1. The van der Waals surface area contributed by atoms with Crippen molar-refractivity contribution in [3.8, 4) is 6.07 Å². The van der Waals surface area contributed by atoms with Crippen LogP contribution in [0, 0.1) is 11.3 Å². The maximum atomic E-state index is 14.1. The summed E-state index contributed by atoms with van der Waals surface area (Å²) in [6.45, 7) is 2.13. The number of benzene rings is 2. The Morgan fingerprint density at radius 2 is 1.84 bits per heavy atom. The van der Waals surface area contributed by atoms with Crippen molar-refractivity contribution in [1.82, 2.24) is 19.5 Å². The maximum absolute atomic E-state index is 14.1. The van der Waals surface area contributed by atoms with Crippen molar-refractivity contribution in [1.29, 1.82) is 5.26 Å². The number of esters is 1. The third kappa shape index (κ3) is 8.37. The average molecular weight is 732 g/mol. The van der Waals surface area contributed by atoms with Crippen LogP contribution in [0.1, 0.15) is 41.3 Å². The molecule has 49 heavy (non-hydrogen) atoms. The first-order valence-corrected chi connectivity index (χ1v) is 17.7. The van der Waals surface area contributed by atoms with Crippen LogP contribution in [0.25, 0.3) is 0 Å². The Balaban J connectivity index is 1.35. The second kappa shape index (κ2) is 15.6. The Morgan fingerprint density at radius 1 is 1.12 bits per heavy atom. The van der Waals surface area contributed by atoms with E-state index in [1.165, 1.54) is 36.7 Å². The fourth-order valence-corrected chi connectivity index (χ4v) is 8.19. The first kappa shape index (κ1) is 36.2. The van der Waals surface area contributed by atoms with Gasteiger partial charge in [-0.05, 0) is 55.7 Å². The number of ether oxygens (including phenoxy) is 1. The number of rotatable bonds is 11. The van der Waals surface area contributed by atoms with E-state index in [4.69, 9.17) is 27.9 Å². The van der Waals surface area contributed by atoms with Gasteiger partial charge in [-0.3, -0.25) is 19.5 Å². The highest BCUT2D eigenvalue weighted by Crippen LogP contribution is 2.32. The Hall–Kier alpha value is -4.13. The summed E-state index contributed by atoms with van der Waals surface area (Å²) in [6.07, 6.45) is 1.92. The summed E-state index contributed by atoms with van der Waals surface area (Å²) in [7, 11) is -4.28. The van der Waals surface area contributed by atoms with Gasteiger partial charge in [-0.15, -0.1) is 0 Å². The van der Waals surface area contributed by atoms with E-state index in [0.29, 0.717) is 24.2 Å². The Bertz CT molecular complexity index is 1860. The number of nitrogens with zero attached hydrogens (tertiary/aromatic N) is 4. The number of carbonyl (C=O) groups is 3. The molecule has 2 N–H and O–H groups in total. The molecule has 0 bridgehead atoms. The van der Waals surface area contributed by atoms with Gasteiger partial charge in [0.1, 0.15) is 18.3 Å². The zero-order chi connectivity index (χ0) is 35.3. The second-order valence-corrected chi connectivity index (χ2v) is 14.4. The van der Waals surface area contributed by atoms with Crippen molar-refractivity contribution in [3.05, 3.63) is 87.7 Å². The van der Waals surface area contributed by atoms with Crippen LogP contribution >= 0.6 is 23.2 Å². The number of aromatic nitrogens is 1. The number of amides is 2. The SMILES string of the molecule is CCOC(=O)C(Cc1ccc(NC(=O)c2c(Cl)cncc2Cl)cc1)NC(=O)C1CC(N2CC[C@@H](F)C2)CN1S(=O)(=O)c1cccc(C#N)c1. The normalized spacial score (nSPS) is 20.3. The molecular formula is C33H33Cl2FN6O6S. The van der Waals surface area contributed by atoms with Gasteiger partial charge in [0.25, 0.3) is 5.91 Å². The molecule has 0 spiro atoms. The van der Waals surface area contributed by atoms with Crippen LogP contribution in [0.2, 0.25) is 10.0 Å². The van der Waals surface area contributed by atoms with Gasteiger partial charge >= 0.3 is 5.97 Å². The highest BCUT2D eigenvalue weighted by atomic mass is 35.5. The molecule has 4 atom stereocenters. The van der Waals surface area contributed by atoms with Crippen LogP contribution in [0.4, 0.5) is 10.1 Å². The summed E-state index contributed by atoms with van der Waals surface area (Å²) in [4.78, 5) is 45.3. The fraction of sp³-hybridized carbons (Fsp3) is 0.364. The number of pyridine rings is 1. The molecular weight excluding hydrogens is 698 g/mol. The molecule has 2 aromatic carbocycles. The molecule has 0 radical (unpaired) electrons. The van der Waals surface area contributed by atoms with E-state index >= 15 is 0 Å². The van der Waals surface area contributed by atoms with Crippen molar-refractivity contribution in [2.75, 3.05) is 31.6 Å². The molecule has 3 unspecified atom stereocenters. The van der Waals surface area contributed by atoms with E-state index in [9.17, 15) is 32.5 Å². The number of alkyl halides is 1. The number of nitriles is 1. The van der Waals surface area contributed by atoms with Gasteiger partial charge in [0, 0.05) is 50.2 Å². The van der Waals surface area contributed by atoms with Crippen LogP contribution in [-0.4, -0.2) is 90.9 Å². The minimum Gasteiger partial charge on any atom is -0.464 e. The first-order valence-electron chi connectivity index (χ1n) is 15.5. The lowest BCUT2D eigenvalue weighted by molar-refractivity contribution is -0.147. The summed E-state index contributed by atoms with van der Waals surface area (Å²) in [5, 5.41) is 14.9. The van der Waals surface area contributed by atoms with Gasteiger partial charge in [-0.2, -0.15) is 9.57 Å². The topological polar surface area (TPSA) is 162 Å². The minimum absolute atomic E-state index is 0.0103. The molecule has 2 amide bonds. The van der Waals surface area contributed by atoms with E-state index in [2.05, 4.69) is 15.6 Å². The quantitative estimate of drug-likeness (QED) is 0.278. The van der Waals surface area contributed by atoms with Gasteiger partial charge in [0.15, 0.2) is 0 Å². The van der Waals surface area contributed by atoms with Crippen molar-refractivity contribution in [2.24, 2.45) is 0 Å². The average Bonchev–Trinajstić information content (AvgIpc) is 3.73. The zero-order valence-electron chi connectivity index (χ0n) is 26.3. The van der Waals surface area contributed by atoms with Crippen LogP contribution in [0.3, 0.4) is 0 Å². The summed E-state index contributed by atoms with van der Waals surface area (Å²) in [5.41, 5.74) is 1.20. The lowest BCUT2D eigenvalue weighted by Crippen LogP contribution is -2.51. The summed E-state index contributed by atoms with van der Waals surface area (Å²) in [6, 6.07) is 11.1. The molecule has 16 heteroatoms. The van der Waals surface area contributed by atoms with Crippen molar-refractivity contribution >= 4 is 56.7 Å². The van der Waals surface area contributed by atoms with Crippen LogP contribution in [0.5, 0.6) is 0 Å². The number of anilines is 1. The number of hydrogen-bond donors (Lipinski definition) is 2. The largest absolute Gasteiger partial charge is 0.464 e. The van der Waals surface area contributed by atoms with E-state index < -0.39 is 52.1 Å². The summed E-state index contributed by atoms with van der Waals surface area (Å²) < 4.78 is 48.2. The molecule has 3 heterocycles. The molecule has 258 valence electrons. The molecule has 2 fully saturated rings. The fourth-order valence-electron chi connectivity index (χ4n) is 5.97. The van der Waals surface area contributed by atoms with Crippen molar-refractivity contribution < 1.29 is 31.9 Å². The predicted octanol–water partition coefficient (Wildman–Crippen LogP) is 3.98. The lowest BCUT2D eigenvalue weighted by Gasteiger charge is -2.25. The molecule has 5 rings (SSSR count). The van der Waals surface area contributed by atoms with Gasteiger partial charge in [0.2, 0.25) is 15.9 Å². The predicted molar refractivity (Wildman–Crippen MR) is 179 cm³/mol. The third-order valence-electron chi connectivity index (χ3n) is 8.40. The van der Waals surface area contributed by atoms with Crippen LogP contribution < -0.4 is 10.6 Å². The van der Waals surface area contributed by atoms with Crippen molar-refractivity contribution in [2.45, 2.75) is 55.4 Å². The molecule has 2 aliphatic heterocycles. The molecule has 1 aromatic heterocycles. The Kier molecular flexibility index (Phi) is 11.5. The summed E-state index contributed by atoms with van der Waals surface area (Å²) >= 11 is 12.2. The van der Waals surface area contributed by atoms with Gasteiger partial charge < -0.3 is 15.4 Å². The monoisotopic (exact) mass is 730 g/mol. The van der Waals surface area contributed by atoms with Gasteiger partial charge in [0.05, 0.1) is 38.7 Å².